The van der Waals surface area contributed by atoms with Crippen molar-refractivity contribution in [1.82, 2.24) is 0 Å². The minimum Gasteiger partial charge on any atom is -0.481 e. The van der Waals surface area contributed by atoms with Crippen LogP contribution in [-0.4, -0.2) is 11.1 Å². The lowest BCUT2D eigenvalue weighted by Crippen LogP contribution is -1.98. The van der Waals surface area contributed by atoms with E-state index in [1.165, 1.54) is 0 Å². The molecule has 1 unspecified atom stereocenters. The Bertz CT molecular complexity index is 662. The maximum atomic E-state index is 10.5. The smallest absolute Gasteiger partial charge is 0.303 e. The number of rotatable bonds is 7. The predicted octanol–water partition coefficient (Wildman–Crippen LogP) is 4.49. The molecule has 22 heavy (non-hydrogen) atoms. The first-order valence-electron chi connectivity index (χ1n) is 7.10. The minimum absolute atomic E-state index is 0.174. The predicted molar refractivity (Wildman–Crippen MR) is 84.4 cm³/mol. The second-order valence-electron chi connectivity index (χ2n) is 5.01. The van der Waals surface area contributed by atoms with Crippen LogP contribution in [0, 0.1) is 0 Å². The van der Waals surface area contributed by atoms with Crippen LogP contribution in [0.3, 0.4) is 0 Å². The van der Waals surface area contributed by atoms with Crippen LogP contribution in [0.15, 0.2) is 59.7 Å². The van der Waals surface area contributed by atoms with E-state index in [9.17, 15) is 4.79 Å². The molecule has 2 rings (SSSR count). The standard InChI is InChI=1S/C17H17N3O2/c18-20-19-17(14-6-2-1-3-7-14)15-11-9-13(10-12-15)5-4-8-16(21)22/h1-3,6-7,9-12,17H,4-5,8H2,(H,21,22). The summed E-state index contributed by atoms with van der Waals surface area (Å²) in [4.78, 5) is 13.5. The van der Waals surface area contributed by atoms with Crippen molar-refractivity contribution in [3.63, 3.8) is 0 Å². The molecule has 5 nitrogen and oxygen atoms in total. The van der Waals surface area contributed by atoms with Crippen LogP contribution in [-0.2, 0) is 11.2 Å². The number of azide groups is 1. The van der Waals surface area contributed by atoms with Crippen molar-refractivity contribution >= 4 is 5.97 Å². The van der Waals surface area contributed by atoms with Crippen molar-refractivity contribution in [3.05, 3.63) is 81.7 Å². The summed E-state index contributed by atoms with van der Waals surface area (Å²) >= 11 is 0. The van der Waals surface area contributed by atoms with E-state index in [-0.39, 0.29) is 12.5 Å². The number of hydrogen-bond donors (Lipinski definition) is 1. The van der Waals surface area contributed by atoms with Gasteiger partial charge >= 0.3 is 5.97 Å². The molecule has 0 amide bonds. The fourth-order valence-electron chi connectivity index (χ4n) is 2.32. The van der Waals surface area contributed by atoms with Gasteiger partial charge in [0, 0.05) is 11.3 Å². The first-order chi connectivity index (χ1) is 10.7. The van der Waals surface area contributed by atoms with Crippen LogP contribution in [0.2, 0.25) is 0 Å². The third-order valence-corrected chi connectivity index (χ3v) is 3.43. The zero-order valence-electron chi connectivity index (χ0n) is 12.1. The molecule has 1 N–H and O–H groups in total. The highest BCUT2D eigenvalue weighted by Crippen LogP contribution is 2.26. The Morgan fingerprint density at radius 3 is 2.32 bits per heavy atom. The molecule has 0 aliphatic rings. The van der Waals surface area contributed by atoms with Gasteiger partial charge in [0.15, 0.2) is 0 Å². The van der Waals surface area contributed by atoms with E-state index in [0.29, 0.717) is 6.42 Å². The van der Waals surface area contributed by atoms with Gasteiger partial charge in [0.1, 0.15) is 0 Å². The molecule has 112 valence electrons. The molecule has 2 aromatic carbocycles. The van der Waals surface area contributed by atoms with Crippen molar-refractivity contribution in [1.29, 1.82) is 0 Å². The molecule has 0 aromatic heterocycles. The van der Waals surface area contributed by atoms with E-state index in [1.54, 1.807) is 0 Å². The zero-order valence-corrected chi connectivity index (χ0v) is 12.1. The fourth-order valence-corrected chi connectivity index (χ4v) is 2.32. The van der Waals surface area contributed by atoms with Gasteiger partial charge in [-0.2, -0.15) is 0 Å². The molecule has 0 heterocycles. The van der Waals surface area contributed by atoms with Crippen LogP contribution >= 0.6 is 0 Å². The Hall–Kier alpha value is -2.78. The molecule has 0 aliphatic carbocycles. The third kappa shape index (κ3) is 4.36. The summed E-state index contributed by atoms with van der Waals surface area (Å²) in [7, 11) is 0. The largest absolute Gasteiger partial charge is 0.481 e. The molecular formula is C17H17N3O2. The first-order valence-corrected chi connectivity index (χ1v) is 7.10. The monoisotopic (exact) mass is 295 g/mol. The number of carboxylic acids is 1. The van der Waals surface area contributed by atoms with Crippen molar-refractivity contribution in [2.24, 2.45) is 5.11 Å². The molecule has 5 heteroatoms. The molecular weight excluding hydrogens is 278 g/mol. The van der Waals surface area contributed by atoms with Gasteiger partial charge in [-0.25, -0.2) is 0 Å². The maximum absolute atomic E-state index is 10.5. The Balaban J connectivity index is 2.13. The van der Waals surface area contributed by atoms with Crippen LogP contribution in [0.1, 0.15) is 35.6 Å². The van der Waals surface area contributed by atoms with Crippen molar-refractivity contribution in [3.8, 4) is 0 Å². The fraction of sp³-hybridized carbons (Fsp3) is 0.235. The quantitative estimate of drug-likeness (QED) is 0.463. The lowest BCUT2D eigenvalue weighted by Gasteiger charge is -2.12. The van der Waals surface area contributed by atoms with Crippen molar-refractivity contribution < 1.29 is 9.90 Å². The Labute approximate surface area is 128 Å². The normalized spacial score (nSPS) is 11.5. The van der Waals surface area contributed by atoms with Crippen LogP contribution < -0.4 is 0 Å². The third-order valence-electron chi connectivity index (χ3n) is 3.43. The number of carboxylic acid groups (broad SMARTS) is 1. The highest BCUT2D eigenvalue weighted by molar-refractivity contribution is 5.66. The van der Waals surface area contributed by atoms with E-state index in [4.69, 9.17) is 10.6 Å². The Morgan fingerprint density at radius 2 is 1.73 bits per heavy atom. The maximum Gasteiger partial charge on any atom is 0.303 e. The van der Waals surface area contributed by atoms with Gasteiger partial charge in [-0.1, -0.05) is 59.7 Å². The molecule has 0 fully saturated rings. The number of benzene rings is 2. The zero-order chi connectivity index (χ0) is 15.8. The average Bonchev–Trinajstić information content (AvgIpc) is 2.54. The van der Waals surface area contributed by atoms with E-state index >= 15 is 0 Å². The SMILES string of the molecule is [N-]=[N+]=NC(c1ccccc1)c1ccc(CCCC(=O)O)cc1. The average molecular weight is 295 g/mol. The van der Waals surface area contributed by atoms with Gasteiger partial charge in [-0.15, -0.1) is 0 Å². The first kappa shape index (κ1) is 15.6. The van der Waals surface area contributed by atoms with Crippen LogP contribution in [0.4, 0.5) is 0 Å². The topological polar surface area (TPSA) is 86.1 Å². The van der Waals surface area contributed by atoms with Gasteiger partial charge in [0.25, 0.3) is 0 Å². The van der Waals surface area contributed by atoms with E-state index < -0.39 is 5.97 Å². The second-order valence-corrected chi connectivity index (χ2v) is 5.01. The van der Waals surface area contributed by atoms with Gasteiger partial charge < -0.3 is 5.11 Å². The molecule has 2 aromatic rings. The van der Waals surface area contributed by atoms with E-state index in [0.717, 1.165) is 23.1 Å². The number of hydrogen-bond acceptors (Lipinski definition) is 2. The van der Waals surface area contributed by atoms with Gasteiger partial charge in [0.2, 0.25) is 0 Å². The van der Waals surface area contributed by atoms with Crippen molar-refractivity contribution in [2.75, 3.05) is 0 Å². The molecule has 0 saturated heterocycles. The second kappa shape index (κ2) is 7.86. The lowest BCUT2D eigenvalue weighted by atomic mass is 9.97. The summed E-state index contributed by atoms with van der Waals surface area (Å²) in [5, 5.41) is 12.5. The molecule has 1 atom stereocenters. The number of nitrogens with zero attached hydrogens (tertiary/aromatic N) is 3. The summed E-state index contributed by atoms with van der Waals surface area (Å²) < 4.78 is 0. The van der Waals surface area contributed by atoms with Gasteiger partial charge in [0.05, 0.1) is 6.04 Å². The summed E-state index contributed by atoms with van der Waals surface area (Å²) in [5.74, 6) is -0.774. The molecule has 0 bridgehead atoms. The van der Waals surface area contributed by atoms with Crippen molar-refractivity contribution in [2.45, 2.75) is 25.3 Å². The van der Waals surface area contributed by atoms with E-state index in [1.807, 2.05) is 54.6 Å². The van der Waals surface area contributed by atoms with E-state index in [2.05, 4.69) is 10.0 Å². The minimum atomic E-state index is -0.774. The van der Waals surface area contributed by atoms with Crippen LogP contribution in [0.25, 0.3) is 10.4 Å². The lowest BCUT2D eigenvalue weighted by molar-refractivity contribution is -0.137. The molecule has 0 spiro atoms. The summed E-state index contributed by atoms with van der Waals surface area (Å²) in [6.45, 7) is 0. The molecule has 0 aliphatic heterocycles. The molecule has 0 radical (unpaired) electrons. The highest BCUT2D eigenvalue weighted by Gasteiger charge is 2.11. The van der Waals surface area contributed by atoms with Gasteiger partial charge in [-0.3, -0.25) is 4.79 Å². The Kier molecular flexibility index (Phi) is 5.57. The van der Waals surface area contributed by atoms with Gasteiger partial charge in [-0.05, 0) is 35.1 Å². The van der Waals surface area contributed by atoms with Crippen LogP contribution in [0.5, 0.6) is 0 Å². The number of aryl methyl sites for hydroxylation is 1. The molecule has 0 saturated carbocycles. The number of carbonyl (C=O) groups is 1. The number of aliphatic carboxylic acids is 1. The summed E-state index contributed by atoms with van der Waals surface area (Å²) in [5.41, 5.74) is 11.7. The summed E-state index contributed by atoms with van der Waals surface area (Å²) in [6.07, 6.45) is 1.52. The highest BCUT2D eigenvalue weighted by atomic mass is 16.4. The Morgan fingerprint density at radius 1 is 1.09 bits per heavy atom. The summed E-state index contributed by atoms with van der Waals surface area (Å²) in [6, 6.07) is 17.0.